The number of carboxylic acids is 1. The number of halogens is 2. The lowest BCUT2D eigenvalue weighted by Crippen LogP contribution is -2.48. The van der Waals surface area contributed by atoms with Crippen molar-refractivity contribution in [2.45, 2.75) is 38.8 Å². The van der Waals surface area contributed by atoms with Crippen molar-refractivity contribution in [3.8, 4) is 0 Å². The van der Waals surface area contributed by atoms with Crippen LogP contribution in [0.25, 0.3) is 0 Å². The van der Waals surface area contributed by atoms with E-state index in [0.29, 0.717) is 12.2 Å². The van der Waals surface area contributed by atoms with Crippen molar-refractivity contribution >= 4 is 73.1 Å². The maximum atomic E-state index is 12.9. The van der Waals surface area contributed by atoms with Crippen LogP contribution < -0.4 is 16.0 Å². The summed E-state index contributed by atoms with van der Waals surface area (Å²) in [5.74, 6) is -4.22. The van der Waals surface area contributed by atoms with Gasteiger partial charge in [-0.15, -0.1) is 0 Å². The van der Waals surface area contributed by atoms with E-state index in [9.17, 15) is 28.8 Å². The molecule has 14 heteroatoms. The number of nitrogens with zero attached hydrogens (tertiary/aromatic N) is 2. The highest BCUT2D eigenvalue weighted by Gasteiger charge is 2.35. The minimum absolute atomic E-state index is 0.0608. The molecule has 1 aliphatic heterocycles. The molecule has 0 unspecified atom stereocenters. The summed E-state index contributed by atoms with van der Waals surface area (Å²) in [7, 11) is 0. The van der Waals surface area contributed by atoms with Gasteiger partial charge in [-0.25, -0.2) is 0 Å². The van der Waals surface area contributed by atoms with E-state index in [1.54, 1.807) is 18.2 Å². The van der Waals surface area contributed by atoms with Gasteiger partial charge in [-0.1, -0.05) is 12.1 Å². The second kappa shape index (κ2) is 14.0. The summed E-state index contributed by atoms with van der Waals surface area (Å²) in [5, 5.41) is 16.6. The lowest BCUT2D eigenvalue weighted by Gasteiger charge is -2.19. The fourth-order valence-corrected chi connectivity index (χ4v) is 4.60. The number of aryl methyl sites for hydroxylation is 1. The van der Waals surface area contributed by atoms with E-state index in [1.165, 1.54) is 0 Å². The van der Waals surface area contributed by atoms with Gasteiger partial charge in [0, 0.05) is 44.0 Å². The van der Waals surface area contributed by atoms with Crippen molar-refractivity contribution in [1.82, 2.24) is 20.1 Å². The zero-order valence-corrected chi connectivity index (χ0v) is 24.6. The molecular weight excluding hydrogens is 654 g/mol. The number of benzene rings is 1. The van der Waals surface area contributed by atoms with Gasteiger partial charge in [-0.2, -0.15) is 0 Å². The lowest BCUT2D eigenvalue weighted by atomic mass is 10.1. The third-order valence-electron chi connectivity index (χ3n) is 5.82. The molecule has 1 aliphatic rings. The maximum Gasteiger partial charge on any atom is 0.303 e. The van der Waals surface area contributed by atoms with E-state index in [0.717, 1.165) is 16.0 Å². The second-order valence-corrected chi connectivity index (χ2v) is 10.6. The van der Waals surface area contributed by atoms with Gasteiger partial charge in [0.2, 0.25) is 17.7 Å². The number of amides is 5. The molecule has 0 saturated carbocycles. The number of aliphatic carboxylic acids is 1. The molecule has 0 fully saturated rings. The summed E-state index contributed by atoms with van der Waals surface area (Å²) in [6.07, 6.45) is 3.15. The molecule has 5 amide bonds. The Morgan fingerprint density at radius 1 is 1.00 bits per heavy atom. The average molecular weight is 681 g/mol. The Balaban J connectivity index is 1.52. The van der Waals surface area contributed by atoms with E-state index < -0.39 is 48.1 Å². The molecule has 1 atom stereocenters. The molecule has 0 radical (unpaired) electrons. The van der Waals surface area contributed by atoms with Crippen LogP contribution in [0, 0.1) is 6.92 Å². The second-order valence-electron chi connectivity index (χ2n) is 9.02. The van der Waals surface area contributed by atoms with Crippen molar-refractivity contribution < 1.29 is 33.9 Å². The standard InChI is InChI=1S/C26H27Br2N5O7/c1-15-7-9-32(13-15)14-16-3-2-4-17(11-16)30-24(38)18(5-6-21(36)37)31-20(35)12-29-19(34)8-10-33-25(39)22(27)23(28)26(33)40/h2-4,7,9,11,13,18H,5-6,8,10,12,14H2,1H3,(H,29,34)(H,30,38)(H,31,35)(H,36,37)/t18-/m0/s1. The highest BCUT2D eigenvalue weighted by Crippen LogP contribution is 2.29. The normalized spacial score (nSPS) is 13.8. The fourth-order valence-electron chi connectivity index (χ4n) is 3.83. The highest BCUT2D eigenvalue weighted by atomic mass is 79.9. The molecule has 12 nitrogen and oxygen atoms in total. The first kappa shape index (κ1) is 30.8. The van der Waals surface area contributed by atoms with Crippen LogP contribution in [0.15, 0.2) is 51.7 Å². The summed E-state index contributed by atoms with van der Waals surface area (Å²) >= 11 is 6.00. The number of hydrogen-bond acceptors (Lipinski definition) is 6. The van der Waals surface area contributed by atoms with Crippen molar-refractivity contribution in [3.05, 3.63) is 62.8 Å². The van der Waals surface area contributed by atoms with E-state index in [4.69, 9.17) is 5.11 Å². The molecular formula is C26H27Br2N5O7. The highest BCUT2D eigenvalue weighted by molar-refractivity contribution is 9.14. The Kier molecular flexibility index (Phi) is 10.8. The Morgan fingerprint density at radius 3 is 2.33 bits per heavy atom. The summed E-state index contributed by atoms with van der Waals surface area (Å²) in [5.41, 5.74) is 2.52. The topological polar surface area (TPSA) is 167 Å². The average Bonchev–Trinajstić information content (AvgIpc) is 3.39. The van der Waals surface area contributed by atoms with Gasteiger partial charge in [-0.05, 0) is 74.5 Å². The third-order valence-corrected chi connectivity index (χ3v) is 7.83. The van der Waals surface area contributed by atoms with Crippen LogP contribution in [0.5, 0.6) is 0 Å². The molecule has 4 N–H and O–H groups in total. The molecule has 212 valence electrons. The number of carbonyl (C=O) groups is 6. The minimum Gasteiger partial charge on any atom is -0.481 e. The molecule has 0 bridgehead atoms. The smallest absolute Gasteiger partial charge is 0.303 e. The predicted molar refractivity (Wildman–Crippen MR) is 151 cm³/mol. The van der Waals surface area contributed by atoms with Gasteiger partial charge in [-0.3, -0.25) is 33.7 Å². The van der Waals surface area contributed by atoms with Gasteiger partial charge in [0.1, 0.15) is 15.0 Å². The fraction of sp³-hybridized carbons (Fsp3) is 0.308. The van der Waals surface area contributed by atoms with Gasteiger partial charge in [0.25, 0.3) is 11.8 Å². The molecule has 0 spiro atoms. The summed E-state index contributed by atoms with van der Waals surface area (Å²) < 4.78 is 2.12. The van der Waals surface area contributed by atoms with Crippen LogP contribution in [0.4, 0.5) is 5.69 Å². The number of hydrogen-bond donors (Lipinski definition) is 4. The Labute approximate surface area is 246 Å². The molecule has 1 aromatic carbocycles. The number of imide groups is 1. The molecule has 3 rings (SSSR count). The number of carbonyl (C=O) groups excluding carboxylic acids is 5. The van der Waals surface area contributed by atoms with Gasteiger partial charge >= 0.3 is 5.97 Å². The summed E-state index contributed by atoms with van der Waals surface area (Å²) in [6, 6.07) is 7.96. The first-order valence-electron chi connectivity index (χ1n) is 12.2. The zero-order chi connectivity index (χ0) is 29.4. The van der Waals surface area contributed by atoms with Crippen LogP contribution >= 0.6 is 31.9 Å². The number of anilines is 1. The Bertz CT molecular complexity index is 1350. The zero-order valence-electron chi connectivity index (χ0n) is 21.4. The molecule has 2 heterocycles. The van der Waals surface area contributed by atoms with E-state index >= 15 is 0 Å². The van der Waals surface area contributed by atoms with Crippen molar-refractivity contribution in [1.29, 1.82) is 0 Å². The SMILES string of the molecule is Cc1ccn(Cc2cccc(NC(=O)[C@H](CCC(=O)O)NC(=O)CNC(=O)CCN3C(=O)C(Br)=C(Br)C3=O)c2)c1. The molecule has 40 heavy (non-hydrogen) atoms. The van der Waals surface area contributed by atoms with Crippen LogP contribution in [-0.4, -0.2) is 69.2 Å². The Hall–Kier alpha value is -3.78. The number of nitrogens with one attached hydrogen (secondary N) is 3. The monoisotopic (exact) mass is 679 g/mol. The molecule has 1 aromatic heterocycles. The van der Waals surface area contributed by atoms with Gasteiger partial charge < -0.3 is 25.6 Å². The first-order valence-corrected chi connectivity index (χ1v) is 13.7. The maximum absolute atomic E-state index is 12.9. The van der Waals surface area contributed by atoms with Crippen LogP contribution in [0.3, 0.4) is 0 Å². The molecule has 0 saturated heterocycles. The van der Waals surface area contributed by atoms with Crippen molar-refractivity contribution in [2.24, 2.45) is 0 Å². The quantitative estimate of drug-likeness (QED) is 0.235. The van der Waals surface area contributed by atoms with Crippen molar-refractivity contribution in [3.63, 3.8) is 0 Å². The number of aromatic nitrogens is 1. The first-order chi connectivity index (χ1) is 18.9. The predicted octanol–water partition coefficient (Wildman–Crippen LogP) is 2.01. The molecule has 0 aliphatic carbocycles. The third kappa shape index (κ3) is 8.61. The van der Waals surface area contributed by atoms with Gasteiger partial charge in [0.05, 0.1) is 6.54 Å². The van der Waals surface area contributed by atoms with E-state index in [2.05, 4.69) is 47.8 Å². The van der Waals surface area contributed by atoms with E-state index in [1.807, 2.05) is 36.0 Å². The molecule has 2 aromatic rings. The van der Waals surface area contributed by atoms with Crippen LogP contribution in [0.2, 0.25) is 0 Å². The largest absolute Gasteiger partial charge is 0.481 e. The Morgan fingerprint density at radius 2 is 1.70 bits per heavy atom. The van der Waals surface area contributed by atoms with Crippen LogP contribution in [-0.2, 0) is 35.3 Å². The number of carboxylic acid groups (broad SMARTS) is 1. The summed E-state index contributed by atoms with van der Waals surface area (Å²) in [4.78, 5) is 73.6. The lowest BCUT2D eigenvalue weighted by molar-refractivity contribution is -0.138. The van der Waals surface area contributed by atoms with Gasteiger partial charge in [0.15, 0.2) is 0 Å². The minimum atomic E-state index is -1.17. The summed E-state index contributed by atoms with van der Waals surface area (Å²) in [6.45, 7) is 1.89. The number of rotatable bonds is 13. The van der Waals surface area contributed by atoms with Crippen LogP contribution in [0.1, 0.15) is 30.4 Å². The van der Waals surface area contributed by atoms with Crippen molar-refractivity contribution in [2.75, 3.05) is 18.4 Å². The van der Waals surface area contributed by atoms with E-state index in [-0.39, 0.29) is 34.8 Å².